The Morgan fingerprint density at radius 3 is 2.87 bits per heavy atom. The lowest BCUT2D eigenvalue weighted by molar-refractivity contribution is 0.404. The van der Waals surface area contributed by atoms with Crippen molar-refractivity contribution in [3.8, 4) is 5.75 Å². The van der Waals surface area contributed by atoms with E-state index in [-0.39, 0.29) is 0 Å². The van der Waals surface area contributed by atoms with Crippen LogP contribution in [0.25, 0.3) is 11.0 Å². The smallest absolute Gasteiger partial charge is 0.174 e. The lowest BCUT2D eigenvalue weighted by Crippen LogP contribution is -1.92. The molecule has 0 aliphatic rings. The van der Waals surface area contributed by atoms with Crippen LogP contribution in [0.1, 0.15) is 24.6 Å². The Hall–Kier alpha value is -1.51. The van der Waals surface area contributed by atoms with Crippen LogP contribution in [0.15, 0.2) is 16.7 Å². The molecule has 0 radical (unpaired) electrons. The van der Waals surface area contributed by atoms with Gasteiger partial charge >= 0.3 is 0 Å². The van der Waals surface area contributed by atoms with Crippen LogP contribution in [0.4, 0.5) is 0 Å². The van der Waals surface area contributed by atoms with E-state index >= 15 is 0 Å². The van der Waals surface area contributed by atoms with Crippen molar-refractivity contribution in [2.75, 3.05) is 7.11 Å². The van der Waals surface area contributed by atoms with Crippen molar-refractivity contribution in [3.05, 3.63) is 23.4 Å². The predicted molar refractivity (Wildman–Crippen MR) is 59.3 cm³/mol. The molecule has 0 bridgehead atoms. The SMILES string of the molecule is CCCc1c(OC)ccc2c(C)noc12. The first-order chi connectivity index (χ1) is 7.27. The third kappa shape index (κ3) is 1.58. The second-order valence-corrected chi connectivity index (χ2v) is 3.64. The first-order valence-electron chi connectivity index (χ1n) is 5.19. The lowest BCUT2D eigenvalue weighted by atomic mass is 10.1. The summed E-state index contributed by atoms with van der Waals surface area (Å²) in [6, 6.07) is 3.98. The van der Waals surface area contributed by atoms with E-state index in [0.29, 0.717) is 0 Å². The predicted octanol–water partition coefficient (Wildman–Crippen LogP) is 3.10. The average molecular weight is 205 g/mol. The minimum absolute atomic E-state index is 0.869. The number of ether oxygens (including phenoxy) is 1. The van der Waals surface area contributed by atoms with E-state index in [9.17, 15) is 0 Å². The first-order valence-corrected chi connectivity index (χ1v) is 5.19. The molecule has 1 aromatic carbocycles. The second-order valence-electron chi connectivity index (χ2n) is 3.64. The van der Waals surface area contributed by atoms with Crippen LogP contribution in [0.5, 0.6) is 5.75 Å². The third-order valence-corrected chi connectivity index (χ3v) is 2.60. The van der Waals surface area contributed by atoms with Crippen LogP contribution in [0.2, 0.25) is 0 Å². The van der Waals surface area contributed by atoms with Crippen LogP contribution < -0.4 is 4.74 Å². The molecule has 0 amide bonds. The molecule has 0 spiro atoms. The van der Waals surface area contributed by atoms with Gasteiger partial charge in [-0.3, -0.25) is 0 Å². The highest BCUT2D eigenvalue weighted by molar-refractivity contribution is 5.84. The Balaban J connectivity index is 2.67. The first kappa shape index (κ1) is 10.0. The zero-order valence-electron chi connectivity index (χ0n) is 9.33. The number of fused-ring (bicyclic) bond motifs is 1. The van der Waals surface area contributed by atoms with Gasteiger partial charge < -0.3 is 9.26 Å². The molecular formula is C12H15NO2. The number of aromatic nitrogens is 1. The van der Waals surface area contributed by atoms with Crippen LogP contribution in [0.3, 0.4) is 0 Å². The molecule has 0 N–H and O–H groups in total. The minimum Gasteiger partial charge on any atom is -0.496 e. The lowest BCUT2D eigenvalue weighted by Gasteiger charge is -2.06. The van der Waals surface area contributed by atoms with Crippen molar-refractivity contribution >= 4 is 11.0 Å². The Morgan fingerprint density at radius 1 is 1.40 bits per heavy atom. The average Bonchev–Trinajstić information content (AvgIpc) is 2.62. The standard InChI is InChI=1S/C12H15NO2/c1-4-5-10-11(14-3)7-6-9-8(2)13-15-12(9)10/h6-7H,4-5H2,1-3H3. The topological polar surface area (TPSA) is 35.3 Å². The summed E-state index contributed by atoms with van der Waals surface area (Å²) in [4.78, 5) is 0. The van der Waals surface area contributed by atoms with Gasteiger partial charge in [0.15, 0.2) is 5.58 Å². The molecule has 0 fully saturated rings. The van der Waals surface area contributed by atoms with E-state index in [1.165, 1.54) is 0 Å². The molecule has 3 nitrogen and oxygen atoms in total. The van der Waals surface area contributed by atoms with Gasteiger partial charge in [-0.05, 0) is 25.5 Å². The van der Waals surface area contributed by atoms with Gasteiger partial charge in [0.2, 0.25) is 0 Å². The summed E-state index contributed by atoms with van der Waals surface area (Å²) in [6.45, 7) is 4.09. The van der Waals surface area contributed by atoms with E-state index in [4.69, 9.17) is 9.26 Å². The van der Waals surface area contributed by atoms with Gasteiger partial charge in [-0.2, -0.15) is 0 Å². The summed E-state index contributed by atoms with van der Waals surface area (Å²) in [5, 5.41) is 5.07. The molecule has 3 heteroatoms. The second kappa shape index (κ2) is 3.93. The number of aryl methyl sites for hydroxylation is 2. The van der Waals surface area contributed by atoms with Crippen molar-refractivity contribution in [2.45, 2.75) is 26.7 Å². The fourth-order valence-electron chi connectivity index (χ4n) is 1.84. The Bertz CT molecular complexity index is 474. The summed E-state index contributed by atoms with van der Waals surface area (Å²) in [5.41, 5.74) is 2.93. The molecule has 0 saturated carbocycles. The monoisotopic (exact) mass is 205 g/mol. The number of benzene rings is 1. The fourth-order valence-corrected chi connectivity index (χ4v) is 1.84. The summed E-state index contributed by atoms with van der Waals surface area (Å²) in [5.74, 6) is 0.889. The van der Waals surface area contributed by atoms with Crippen LogP contribution in [-0.2, 0) is 6.42 Å². The molecule has 1 heterocycles. The minimum atomic E-state index is 0.869. The largest absolute Gasteiger partial charge is 0.496 e. The summed E-state index contributed by atoms with van der Waals surface area (Å²) in [6.07, 6.45) is 2.02. The normalized spacial score (nSPS) is 10.9. The number of methoxy groups -OCH3 is 1. The van der Waals surface area contributed by atoms with Gasteiger partial charge in [0.1, 0.15) is 5.75 Å². The van der Waals surface area contributed by atoms with E-state index < -0.39 is 0 Å². The van der Waals surface area contributed by atoms with Crippen molar-refractivity contribution in [2.24, 2.45) is 0 Å². The Kier molecular flexibility index (Phi) is 2.62. The van der Waals surface area contributed by atoms with Crippen molar-refractivity contribution < 1.29 is 9.26 Å². The highest BCUT2D eigenvalue weighted by Gasteiger charge is 2.13. The summed E-state index contributed by atoms with van der Waals surface area (Å²) < 4.78 is 10.7. The zero-order valence-corrected chi connectivity index (χ0v) is 9.33. The van der Waals surface area contributed by atoms with E-state index in [0.717, 1.165) is 40.8 Å². The van der Waals surface area contributed by atoms with Crippen molar-refractivity contribution in [3.63, 3.8) is 0 Å². The van der Waals surface area contributed by atoms with Crippen molar-refractivity contribution in [1.82, 2.24) is 5.16 Å². The number of hydrogen-bond donors (Lipinski definition) is 0. The number of nitrogens with zero attached hydrogens (tertiary/aromatic N) is 1. The van der Waals surface area contributed by atoms with Gasteiger partial charge in [0.05, 0.1) is 12.8 Å². The molecule has 0 aliphatic carbocycles. The molecule has 1 aromatic heterocycles. The van der Waals surface area contributed by atoms with E-state index in [2.05, 4.69) is 12.1 Å². The van der Waals surface area contributed by atoms with Crippen LogP contribution in [0, 0.1) is 6.92 Å². The third-order valence-electron chi connectivity index (χ3n) is 2.60. The maximum absolute atomic E-state index is 5.34. The zero-order chi connectivity index (χ0) is 10.8. The molecule has 2 rings (SSSR count). The maximum atomic E-state index is 5.34. The van der Waals surface area contributed by atoms with Gasteiger partial charge in [-0.15, -0.1) is 0 Å². The van der Waals surface area contributed by atoms with E-state index in [1.807, 2.05) is 19.1 Å². The number of rotatable bonds is 3. The van der Waals surface area contributed by atoms with Crippen LogP contribution >= 0.6 is 0 Å². The quantitative estimate of drug-likeness (QED) is 0.772. The Labute approximate surface area is 89.0 Å². The molecule has 80 valence electrons. The summed E-state index contributed by atoms with van der Waals surface area (Å²) >= 11 is 0. The Morgan fingerprint density at radius 2 is 2.20 bits per heavy atom. The molecule has 2 aromatic rings. The van der Waals surface area contributed by atoms with Gasteiger partial charge in [0.25, 0.3) is 0 Å². The highest BCUT2D eigenvalue weighted by Crippen LogP contribution is 2.30. The molecule has 0 saturated heterocycles. The van der Waals surface area contributed by atoms with Gasteiger partial charge in [-0.25, -0.2) is 0 Å². The molecule has 15 heavy (non-hydrogen) atoms. The highest BCUT2D eigenvalue weighted by atomic mass is 16.5. The molecule has 0 aliphatic heterocycles. The van der Waals surface area contributed by atoms with Gasteiger partial charge in [0, 0.05) is 10.9 Å². The molecule has 0 unspecified atom stereocenters. The summed E-state index contributed by atoms with van der Waals surface area (Å²) in [7, 11) is 1.68. The van der Waals surface area contributed by atoms with Gasteiger partial charge in [-0.1, -0.05) is 18.5 Å². The van der Waals surface area contributed by atoms with E-state index in [1.54, 1.807) is 7.11 Å². The molecular weight excluding hydrogens is 190 g/mol. The van der Waals surface area contributed by atoms with Crippen LogP contribution in [-0.4, -0.2) is 12.3 Å². The maximum Gasteiger partial charge on any atom is 0.174 e. The number of hydrogen-bond acceptors (Lipinski definition) is 3. The fraction of sp³-hybridized carbons (Fsp3) is 0.417. The molecule has 0 atom stereocenters. The van der Waals surface area contributed by atoms with Crippen molar-refractivity contribution in [1.29, 1.82) is 0 Å².